The maximum atomic E-state index is 14.7. The molecule has 2 aliphatic carbocycles. The van der Waals surface area contributed by atoms with E-state index in [0.29, 0.717) is 0 Å². The van der Waals surface area contributed by atoms with Crippen molar-refractivity contribution in [3.05, 3.63) is 12.8 Å². The minimum Gasteiger partial charge on any atom is -0.464 e. The number of rotatable bonds is 7. The Balaban J connectivity index is 2.19. The highest BCUT2D eigenvalue weighted by Gasteiger charge is 2.76. The molecule has 2 fully saturated rings. The normalized spacial score (nSPS) is 30.3. The second-order valence-electron chi connectivity index (χ2n) is 8.50. The zero-order valence-electron chi connectivity index (χ0n) is 17.8. The molecule has 2 saturated carbocycles. The molecule has 168 valence electrons. The quantitative estimate of drug-likeness (QED) is 0.359. The molecule has 0 heterocycles. The van der Waals surface area contributed by atoms with Gasteiger partial charge in [0.1, 0.15) is 23.4 Å². The van der Waals surface area contributed by atoms with Gasteiger partial charge in [-0.2, -0.15) is 0 Å². The van der Waals surface area contributed by atoms with Crippen LogP contribution in [0.3, 0.4) is 0 Å². The van der Waals surface area contributed by atoms with Gasteiger partial charge in [-0.05, 0) is 34.6 Å². The van der Waals surface area contributed by atoms with Crippen LogP contribution >= 0.6 is 0 Å². The zero-order valence-corrected chi connectivity index (χ0v) is 17.8. The SMILES string of the molecule is C=COC(=O)[C@H]1[C@H]2[C@@H]1[C@](NC(=O)[C@H](C)NC(=O)OC(C)(C)C)(C(=O)OCC)C[C@H]2F. The zero-order chi connectivity index (χ0) is 22.9. The van der Waals surface area contributed by atoms with E-state index >= 15 is 0 Å². The van der Waals surface area contributed by atoms with E-state index in [1.807, 2.05) is 0 Å². The number of nitrogens with one attached hydrogen (secondary N) is 2. The van der Waals surface area contributed by atoms with Gasteiger partial charge in [-0.3, -0.25) is 9.59 Å². The first-order chi connectivity index (χ1) is 13.9. The van der Waals surface area contributed by atoms with Crippen molar-refractivity contribution in [3.8, 4) is 0 Å². The highest BCUT2D eigenvalue weighted by molar-refractivity contribution is 5.94. The molecule has 0 aromatic rings. The van der Waals surface area contributed by atoms with Gasteiger partial charge in [-0.15, -0.1) is 0 Å². The van der Waals surface area contributed by atoms with E-state index < -0.39 is 65.0 Å². The standard InChI is InChI=1S/C20H29FN2O7/c1-7-28-16(25)13-12-11(21)9-20(14(12)13,17(26)29-8-2)23-15(24)10(3)22-18(27)30-19(4,5)6/h7,10-14H,1,8-9H2,2-6H3,(H,22,27)(H,23,24)/t10-,11+,12-,13-,14-,20-/m0/s1. The lowest BCUT2D eigenvalue weighted by Gasteiger charge is -2.32. The molecule has 2 aliphatic rings. The average molecular weight is 428 g/mol. The van der Waals surface area contributed by atoms with Gasteiger partial charge in [0.15, 0.2) is 0 Å². The maximum absolute atomic E-state index is 14.7. The Morgan fingerprint density at radius 2 is 1.93 bits per heavy atom. The van der Waals surface area contributed by atoms with E-state index in [1.165, 1.54) is 6.92 Å². The number of hydrogen-bond donors (Lipinski definition) is 2. The van der Waals surface area contributed by atoms with Crippen molar-refractivity contribution < 1.29 is 37.8 Å². The predicted molar refractivity (Wildman–Crippen MR) is 103 cm³/mol. The van der Waals surface area contributed by atoms with Gasteiger partial charge in [-0.25, -0.2) is 14.0 Å². The first kappa shape index (κ1) is 23.6. The summed E-state index contributed by atoms with van der Waals surface area (Å²) in [6, 6.07) is -1.08. The minimum atomic E-state index is -1.73. The number of fused-ring (bicyclic) bond motifs is 1. The number of amides is 2. The van der Waals surface area contributed by atoms with Crippen LogP contribution in [-0.4, -0.2) is 53.9 Å². The summed E-state index contributed by atoms with van der Waals surface area (Å²) in [5, 5.41) is 4.90. The van der Waals surface area contributed by atoms with Crippen LogP contribution in [0.1, 0.15) is 41.0 Å². The summed E-state index contributed by atoms with van der Waals surface area (Å²) in [7, 11) is 0. The molecule has 0 aromatic carbocycles. The van der Waals surface area contributed by atoms with E-state index in [4.69, 9.17) is 14.2 Å². The highest BCUT2D eigenvalue weighted by Crippen LogP contribution is 2.64. The summed E-state index contributed by atoms with van der Waals surface area (Å²) in [6.07, 6.45) is -1.72. The maximum Gasteiger partial charge on any atom is 0.408 e. The number of ether oxygens (including phenoxy) is 3. The Morgan fingerprint density at radius 1 is 1.30 bits per heavy atom. The van der Waals surface area contributed by atoms with Crippen molar-refractivity contribution in [2.45, 2.75) is 64.4 Å². The van der Waals surface area contributed by atoms with Crippen LogP contribution in [0.15, 0.2) is 12.8 Å². The smallest absolute Gasteiger partial charge is 0.408 e. The van der Waals surface area contributed by atoms with Crippen LogP contribution in [0.5, 0.6) is 0 Å². The summed E-state index contributed by atoms with van der Waals surface area (Å²) in [5.41, 5.74) is -2.49. The molecule has 0 bridgehead atoms. The lowest BCUT2D eigenvalue weighted by Crippen LogP contribution is -2.61. The summed E-state index contributed by atoms with van der Waals surface area (Å²) in [5.74, 6) is -4.75. The largest absolute Gasteiger partial charge is 0.464 e. The first-order valence-corrected chi connectivity index (χ1v) is 9.82. The lowest BCUT2D eigenvalue weighted by molar-refractivity contribution is -0.155. The number of halogens is 1. The molecule has 6 atom stereocenters. The lowest BCUT2D eigenvalue weighted by atomic mass is 9.89. The van der Waals surface area contributed by atoms with Gasteiger partial charge in [0.25, 0.3) is 0 Å². The van der Waals surface area contributed by atoms with E-state index in [-0.39, 0.29) is 13.0 Å². The molecule has 0 saturated heterocycles. The van der Waals surface area contributed by atoms with Crippen molar-refractivity contribution in [2.24, 2.45) is 17.8 Å². The Hall–Kier alpha value is -2.65. The van der Waals surface area contributed by atoms with Crippen LogP contribution in [0, 0.1) is 17.8 Å². The Labute approximate surface area is 174 Å². The van der Waals surface area contributed by atoms with Gasteiger partial charge in [0, 0.05) is 18.3 Å². The Bertz CT molecular complexity index is 735. The highest BCUT2D eigenvalue weighted by atomic mass is 19.1. The molecule has 0 spiro atoms. The van der Waals surface area contributed by atoms with Crippen molar-refractivity contribution in [1.82, 2.24) is 10.6 Å². The summed E-state index contributed by atoms with van der Waals surface area (Å²) >= 11 is 0. The fourth-order valence-corrected chi connectivity index (χ4v) is 4.01. The molecule has 2 rings (SSSR count). The number of alkyl carbamates (subject to hydrolysis) is 1. The van der Waals surface area contributed by atoms with Crippen LogP contribution in [0.2, 0.25) is 0 Å². The third-order valence-electron chi connectivity index (χ3n) is 5.16. The summed E-state index contributed by atoms with van der Waals surface area (Å²) < 4.78 is 29.6. The van der Waals surface area contributed by atoms with E-state index in [0.717, 1.165) is 6.26 Å². The molecule has 9 nitrogen and oxygen atoms in total. The fourth-order valence-electron chi connectivity index (χ4n) is 4.01. The first-order valence-electron chi connectivity index (χ1n) is 9.82. The van der Waals surface area contributed by atoms with Crippen molar-refractivity contribution in [2.75, 3.05) is 6.61 Å². The monoisotopic (exact) mass is 428 g/mol. The molecule has 10 heteroatoms. The van der Waals surface area contributed by atoms with Gasteiger partial charge >= 0.3 is 18.0 Å². The van der Waals surface area contributed by atoms with Gasteiger partial charge in [0.05, 0.1) is 18.8 Å². The molecular weight excluding hydrogens is 399 g/mol. The van der Waals surface area contributed by atoms with Crippen LogP contribution in [-0.2, 0) is 28.6 Å². The number of hydrogen-bond acceptors (Lipinski definition) is 7. The third-order valence-corrected chi connectivity index (χ3v) is 5.16. The van der Waals surface area contributed by atoms with Crippen molar-refractivity contribution in [1.29, 1.82) is 0 Å². The fraction of sp³-hybridized carbons (Fsp3) is 0.700. The second kappa shape index (κ2) is 8.61. The molecule has 0 aromatic heterocycles. The van der Waals surface area contributed by atoms with Crippen molar-refractivity contribution >= 4 is 23.9 Å². The molecule has 0 unspecified atom stereocenters. The molecule has 0 radical (unpaired) electrons. The van der Waals surface area contributed by atoms with E-state index in [1.54, 1.807) is 27.7 Å². The molecular formula is C20H29FN2O7. The van der Waals surface area contributed by atoms with Crippen LogP contribution in [0.25, 0.3) is 0 Å². The van der Waals surface area contributed by atoms with Crippen LogP contribution in [0.4, 0.5) is 9.18 Å². The molecule has 2 N–H and O–H groups in total. The van der Waals surface area contributed by atoms with Gasteiger partial charge in [-0.1, -0.05) is 6.58 Å². The number of carbonyl (C=O) groups excluding carboxylic acids is 4. The average Bonchev–Trinajstić information content (AvgIpc) is 3.29. The van der Waals surface area contributed by atoms with Crippen LogP contribution < -0.4 is 10.6 Å². The van der Waals surface area contributed by atoms with Gasteiger partial charge < -0.3 is 24.8 Å². The predicted octanol–water partition coefficient (Wildman–Crippen LogP) is 1.61. The number of alkyl halides is 1. The second-order valence-corrected chi connectivity index (χ2v) is 8.50. The van der Waals surface area contributed by atoms with E-state index in [9.17, 15) is 23.6 Å². The number of carbonyl (C=O) groups is 4. The summed E-state index contributed by atoms with van der Waals surface area (Å²) in [6.45, 7) is 11.3. The summed E-state index contributed by atoms with van der Waals surface area (Å²) in [4.78, 5) is 49.6. The molecule has 30 heavy (non-hydrogen) atoms. The molecule has 0 aliphatic heterocycles. The Kier molecular flexibility index (Phi) is 6.78. The Morgan fingerprint density at radius 3 is 2.47 bits per heavy atom. The van der Waals surface area contributed by atoms with Crippen molar-refractivity contribution in [3.63, 3.8) is 0 Å². The van der Waals surface area contributed by atoms with Gasteiger partial charge in [0.2, 0.25) is 5.91 Å². The molecule has 2 amide bonds. The third kappa shape index (κ3) is 4.73. The van der Waals surface area contributed by atoms with E-state index in [2.05, 4.69) is 17.2 Å². The minimum absolute atomic E-state index is 0.0122. The number of esters is 2. The topological polar surface area (TPSA) is 120 Å².